The number of aromatic nitrogens is 2. The number of nitrogens with one attached hydrogen (secondary N) is 2. The SMILES string of the molecule is CCCCCCCCCCCCC(C)C(C)Nc1cc[n+](C(Br)C(C)CCCCCCCCCCC(C)C(Br)[n+]2ccc(NC(C)C(C)CCCCCCCCCCCC)cc2)cc1. The first-order valence-electron chi connectivity index (χ1n) is 27.9. The highest BCUT2D eigenvalue weighted by Crippen LogP contribution is 2.28. The van der Waals surface area contributed by atoms with Crippen molar-refractivity contribution in [2.24, 2.45) is 23.7 Å². The third kappa shape index (κ3) is 28.3. The molecule has 0 radical (unpaired) electrons. The Kier molecular flexibility index (Phi) is 35.7. The molecular weight excluding hydrogens is 912 g/mol. The van der Waals surface area contributed by atoms with Gasteiger partial charge in [0.25, 0.3) is 0 Å². The van der Waals surface area contributed by atoms with E-state index in [2.05, 4.69) is 156 Å². The first-order chi connectivity index (χ1) is 31.1. The second-order valence-corrected chi connectivity index (χ2v) is 22.8. The summed E-state index contributed by atoms with van der Waals surface area (Å²) in [6, 6.07) is 10.0. The number of pyridine rings is 2. The molecule has 6 heteroatoms. The van der Waals surface area contributed by atoms with Gasteiger partial charge in [-0.2, -0.15) is 9.13 Å². The zero-order chi connectivity index (χ0) is 46.6. The summed E-state index contributed by atoms with van der Waals surface area (Å²) in [6.45, 7) is 19.0. The lowest BCUT2D eigenvalue weighted by molar-refractivity contribution is -0.704. The van der Waals surface area contributed by atoms with Gasteiger partial charge in [-0.3, -0.25) is 0 Å². The van der Waals surface area contributed by atoms with Crippen LogP contribution in [0.3, 0.4) is 0 Å². The van der Waals surface area contributed by atoms with Gasteiger partial charge in [0.1, 0.15) is 0 Å². The monoisotopic (exact) mass is 1020 g/mol. The molecule has 2 rings (SSSR count). The van der Waals surface area contributed by atoms with E-state index in [0.29, 0.717) is 45.7 Å². The maximum absolute atomic E-state index is 4.03. The predicted octanol–water partition coefficient (Wildman–Crippen LogP) is 19.4. The quantitative estimate of drug-likeness (QED) is 0.0394. The van der Waals surface area contributed by atoms with Crippen LogP contribution in [-0.4, -0.2) is 12.1 Å². The first kappa shape index (κ1) is 59.0. The third-order valence-corrected chi connectivity index (χ3v) is 17.6. The van der Waals surface area contributed by atoms with Crippen LogP contribution in [0.4, 0.5) is 11.4 Å². The molecule has 0 saturated heterocycles. The molecule has 0 aliphatic carbocycles. The van der Waals surface area contributed by atoms with Crippen molar-refractivity contribution in [1.82, 2.24) is 0 Å². The topological polar surface area (TPSA) is 31.8 Å². The minimum atomic E-state index is 0.344. The van der Waals surface area contributed by atoms with E-state index in [1.807, 2.05) is 0 Å². The average Bonchev–Trinajstić information content (AvgIpc) is 3.30. The number of halogens is 2. The van der Waals surface area contributed by atoms with Crippen molar-refractivity contribution >= 4 is 43.2 Å². The fraction of sp³-hybridized carbons (Fsp3) is 0.828. The molecule has 8 atom stereocenters. The van der Waals surface area contributed by atoms with Crippen LogP contribution in [0.5, 0.6) is 0 Å². The van der Waals surface area contributed by atoms with Crippen LogP contribution in [0.1, 0.15) is 271 Å². The Morgan fingerprint density at radius 3 is 0.812 bits per heavy atom. The van der Waals surface area contributed by atoms with Gasteiger partial charge in [-0.15, -0.1) is 0 Å². The molecule has 2 aromatic heterocycles. The molecule has 370 valence electrons. The van der Waals surface area contributed by atoms with Crippen molar-refractivity contribution in [2.45, 2.75) is 283 Å². The smallest absolute Gasteiger partial charge is 0.214 e. The normalized spacial score (nSPS) is 15.6. The second kappa shape index (κ2) is 38.8. The van der Waals surface area contributed by atoms with Gasteiger partial charge in [0, 0.05) is 59.6 Å². The second-order valence-electron chi connectivity index (χ2n) is 20.9. The molecule has 2 aromatic rings. The highest BCUT2D eigenvalue weighted by Gasteiger charge is 2.24. The van der Waals surface area contributed by atoms with E-state index in [0.717, 1.165) is 0 Å². The molecule has 0 bridgehead atoms. The number of anilines is 2. The van der Waals surface area contributed by atoms with Gasteiger partial charge < -0.3 is 10.6 Å². The summed E-state index contributed by atoms with van der Waals surface area (Å²) in [5.74, 6) is 2.60. The van der Waals surface area contributed by atoms with Gasteiger partial charge in [-0.1, -0.05) is 221 Å². The number of hydrogen-bond acceptors (Lipinski definition) is 2. The fourth-order valence-corrected chi connectivity index (χ4v) is 10.5. The minimum absolute atomic E-state index is 0.344. The molecule has 64 heavy (non-hydrogen) atoms. The summed E-state index contributed by atoms with van der Waals surface area (Å²) < 4.78 is 4.70. The lowest BCUT2D eigenvalue weighted by atomic mass is 9.95. The summed E-state index contributed by atoms with van der Waals surface area (Å²) in [4.78, 5) is 0.689. The van der Waals surface area contributed by atoms with Crippen molar-refractivity contribution < 1.29 is 9.13 Å². The minimum Gasteiger partial charge on any atom is -0.382 e. The van der Waals surface area contributed by atoms with Crippen LogP contribution >= 0.6 is 31.9 Å². The summed E-state index contributed by atoms with van der Waals surface area (Å²) in [5.41, 5.74) is 2.48. The van der Waals surface area contributed by atoms with E-state index in [-0.39, 0.29) is 0 Å². The van der Waals surface area contributed by atoms with Gasteiger partial charge in [0.2, 0.25) is 9.90 Å². The van der Waals surface area contributed by atoms with E-state index in [1.54, 1.807) is 0 Å². The Bertz CT molecular complexity index is 1220. The number of unbranched alkanes of at least 4 members (excludes halogenated alkanes) is 25. The Hall–Kier alpha value is -1.14. The van der Waals surface area contributed by atoms with Gasteiger partial charge in [0.05, 0.1) is 0 Å². The van der Waals surface area contributed by atoms with Crippen molar-refractivity contribution in [2.75, 3.05) is 10.6 Å². The Morgan fingerprint density at radius 2 is 0.562 bits per heavy atom. The van der Waals surface area contributed by atoms with E-state index in [4.69, 9.17) is 0 Å². The molecule has 2 heterocycles. The molecule has 0 saturated carbocycles. The standard InChI is InChI=1S/C58H104Br2N4/c1-9-11-13-15-17-19-21-25-29-33-37-49(3)53(7)61-55-41-45-63(46-42-55)57(59)51(5)39-35-31-27-23-24-28-32-36-40-52(6)58(60)64-47-43-56(44-48-64)62-54(8)50(4)38-34-30-26-22-20-18-16-14-12-10-2/h41-54,57-58H,9-40H2,1-8H3/p+2. The van der Waals surface area contributed by atoms with Crippen LogP contribution < -0.4 is 19.8 Å². The number of nitrogens with zero attached hydrogens (tertiary/aromatic N) is 2. The summed E-state index contributed by atoms with van der Waals surface area (Å²) in [7, 11) is 0. The maximum Gasteiger partial charge on any atom is 0.214 e. The molecule has 0 spiro atoms. The average molecular weight is 1020 g/mol. The number of alkyl halides is 2. The fourth-order valence-electron chi connectivity index (χ4n) is 9.47. The Balaban J connectivity index is 1.49. The van der Waals surface area contributed by atoms with Gasteiger partial charge in [-0.25, -0.2) is 0 Å². The number of rotatable bonds is 43. The highest BCUT2D eigenvalue weighted by molar-refractivity contribution is 9.09. The molecule has 2 N–H and O–H groups in total. The Morgan fingerprint density at radius 1 is 0.344 bits per heavy atom. The van der Waals surface area contributed by atoms with E-state index < -0.39 is 0 Å². The zero-order valence-electron chi connectivity index (χ0n) is 43.5. The van der Waals surface area contributed by atoms with Crippen LogP contribution in [-0.2, 0) is 0 Å². The van der Waals surface area contributed by atoms with Gasteiger partial charge in [0.15, 0.2) is 24.8 Å². The Labute approximate surface area is 416 Å². The van der Waals surface area contributed by atoms with Crippen LogP contribution in [0.2, 0.25) is 0 Å². The molecule has 0 aromatic carbocycles. The van der Waals surface area contributed by atoms with Crippen molar-refractivity contribution in [3.8, 4) is 0 Å². The largest absolute Gasteiger partial charge is 0.382 e. The summed E-state index contributed by atoms with van der Waals surface area (Å²) >= 11 is 8.07. The van der Waals surface area contributed by atoms with Crippen LogP contribution in [0, 0.1) is 23.7 Å². The van der Waals surface area contributed by atoms with E-state index in [9.17, 15) is 0 Å². The first-order valence-corrected chi connectivity index (χ1v) is 29.7. The molecule has 0 aliphatic rings. The number of hydrogen-bond donors (Lipinski definition) is 2. The van der Waals surface area contributed by atoms with Crippen LogP contribution in [0.25, 0.3) is 0 Å². The zero-order valence-corrected chi connectivity index (χ0v) is 46.7. The van der Waals surface area contributed by atoms with Gasteiger partial charge in [-0.05, 0) is 83.2 Å². The summed E-state index contributed by atoms with van der Waals surface area (Å²) in [6.07, 6.45) is 53.4. The lowest BCUT2D eigenvalue weighted by Gasteiger charge is -2.22. The van der Waals surface area contributed by atoms with Crippen molar-refractivity contribution in [1.29, 1.82) is 0 Å². The van der Waals surface area contributed by atoms with Gasteiger partial charge >= 0.3 is 0 Å². The molecule has 0 aliphatic heterocycles. The van der Waals surface area contributed by atoms with Crippen molar-refractivity contribution in [3.05, 3.63) is 49.1 Å². The molecule has 8 unspecified atom stereocenters. The molecular formula is C58H106Br2N4+2. The molecule has 0 fully saturated rings. The lowest BCUT2D eigenvalue weighted by Crippen LogP contribution is -2.38. The summed E-state index contributed by atoms with van der Waals surface area (Å²) in [5, 5.41) is 7.59. The molecule has 4 nitrogen and oxygen atoms in total. The molecule has 0 amide bonds. The predicted molar refractivity (Wildman–Crippen MR) is 291 cm³/mol. The van der Waals surface area contributed by atoms with E-state index >= 15 is 0 Å². The van der Waals surface area contributed by atoms with Crippen molar-refractivity contribution in [3.63, 3.8) is 0 Å². The highest BCUT2D eigenvalue weighted by atomic mass is 79.9. The van der Waals surface area contributed by atoms with Crippen LogP contribution in [0.15, 0.2) is 49.1 Å². The van der Waals surface area contributed by atoms with E-state index in [1.165, 1.54) is 217 Å². The maximum atomic E-state index is 4.03. The third-order valence-electron chi connectivity index (χ3n) is 14.8.